The molecule has 6 heteroatoms. The zero-order valence-electron chi connectivity index (χ0n) is 13.6. The molecular formula is C16H26N4O2. The number of piperazine rings is 1. The number of hydrogen-bond donors (Lipinski definition) is 1. The lowest BCUT2D eigenvalue weighted by molar-refractivity contribution is 0.0686. The van der Waals surface area contributed by atoms with Crippen molar-refractivity contribution in [3.05, 3.63) is 17.0 Å². The van der Waals surface area contributed by atoms with Crippen LogP contribution in [0.15, 0.2) is 0 Å². The Hall–Kier alpha value is -1.40. The maximum atomic E-state index is 11.5. The lowest BCUT2D eigenvalue weighted by Crippen LogP contribution is -2.50. The fourth-order valence-corrected chi connectivity index (χ4v) is 3.74. The van der Waals surface area contributed by atoms with Crippen molar-refractivity contribution < 1.29 is 9.90 Å². The summed E-state index contributed by atoms with van der Waals surface area (Å²) >= 11 is 0. The van der Waals surface area contributed by atoms with E-state index in [9.17, 15) is 9.90 Å². The summed E-state index contributed by atoms with van der Waals surface area (Å²) in [6.07, 6.45) is 3.89. The highest BCUT2D eigenvalue weighted by Crippen LogP contribution is 2.28. The first kappa shape index (κ1) is 15.5. The predicted molar refractivity (Wildman–Crippen MR) is 84.4 cm³/mol. The van der Waals surface area contributed by atoms with Crippen LogP contribution in [0.3, 0.4) is 0 Å². The molecule has 1 aromatic rings. The van der Waals surface area contributed by atoms with E-state index in [1.807, 2.05) is 4.68 Å². The molecule has 1 N–H and O–H groups in total. The van der Waals surface area contributed by atoms with E-state index in [1.165, 1.54) is 0 Å². The van der Waals surface area contributed by atoms with Gasteiger partial charge in [0.25, 0.3) is 0 Å². The van der Waals surface area contributed by atoms with E-state index in [0.717, 1.165) is 69.7 Å². The van der Waals surface area contributed by atoms with Gasteiger partial charge in [0, 0.05) is 50.0 Å². The fraction of sp³-hybridized carbons (Fsp3) is 0.750. The first-order valence-corrected chi connectivity index (χ1v) is 8.34. The molecule has 6 nitrogen and oxygen atoms in total. The van der Waals surface area contributed by atoms with Crippen LogP contribution in [0.1, 0.15) is 41.5 Å². The number of fused-ring (bicyclic) bond motifs is 1. The van der Waals surface area contributed by atoms with Crippen molar-refractivity contribution in [2.45, 2.75) is 45.2 Å². The van der Waals surface area contributed by atoms with E-state index in [4.69, 9.17) is 0 Å². The number of aromatic nitrogens is 2. The van der Waals surface area contributed by atoms with Gasteiger partial charge in [-0.05, 0) is 32.7 Å². The quantitative estimate of drug-likeness (QED) is 0.902. The van der Waals surface area contributed by atoms with E-state index in [2.05, 4.69) is 28.9 Å². The van der Waals surface area contributed by atoms with Gasteiger partial charge in [-0.15, -0.1) is 0 Å². The van der Waals surface area contributed by atoms with Gasteiger partial charge in [-0.25, -0.2) is 4.79 Å². The summed E-state index contributed by atoms with van der Waals surface area (Å²) in [5.74, 6) is -0.884. The van der Waals surface area contributed by atoms with Gasteiger partial charge in [0.05, 0.1) is 0 Å². The van der Waals surface area contributed by atoms with Crippen LogP contribution >= 0.6 is 0 Å². The third-order valence-electron chi connectivity index (χ3n) is 5.01. The van der Waals surface area contributed by atoms with Crippen LogP contribution in [0.2, 0.25) is 0 Å². The van der Waals surface area contributed by atoms with Crippen LogP contribution in [0.25, 0.3) is 0 Å². The molecule has 1 saturated heterocycles. The molecule has 0 radical (unpaired) electrons. The van der Waals surface area contributed by atoms with Gasteiger partial charge in [-0.1, -0.05) is 6.92 Å². The Morgan fingerprint density at radius 1 is 1.32 bits per heavy atom. The van der Waals surface area contributed by atoms with E-state index < -0.39 is 5.97 Å². The Balaban J connectivity index is 1.80. The van der Waals surface area contributed by atoms with Gasteiger partial charge in [-0.2, -0.15) is 5.10 Å². The second kappa shape index (κ2) is 6.38. The van der Waals surface area contributed by atoms with Crippen LogP contribution in [0.5, 0.6) is 0 Å². The molecule has 0 amide bonds. The van der Waals surface area contributed by atoms with Crippen molar-refractivity contribution in [2.24, 2.45) is 0 Å². The van der Waals surface area contributed by atoms with Crippen LogP contribution in [-0.4, -0.2) is 69.9 Å². The molecule has 0 saturated carbocycles. The van der Waals surface area contributed by atoms with E-state index in [1.54, 1.807) is 0 Å². The van der Waals surface area contributed by atoms with Crippen molar-refractivity contribution in [3.63, 3.8) is 0 Å². The normalized spacial score (nSPS) is 23.5. The zero-order valence-corrected chi connectivity index (χ0v) is 13.6. The molecule has 22 heavy (non-hydrogen) atoms. The SMILES string of the molecule is CCCn1nc(C(=O)O)c2c1CC[C@@H](N1CCN(C)CC1)C2. The van der Waals surface area contributed by atoms with Crippen LogP contribution in [-0.2, 0) is 19.4 Å². The summed E-state index contributed by atoms with van der Waals surface area (Å²) in [6.45, 7) is 7.29. The monoisotopic (exact) mass is 306 g/mol. The second-order valence-corrected chi connectivity index (χ2v) is 6.54. The molecule has 0 bridgehead atoms. The van der Waals surface area contributed by atoms with Crippen molar-refractivity contribution in [3.8, 4) is 0 Å². The smallest absolute Gasteiger partial charge is 0.356 e. The highest BCUT2D eigenvalue weighted by atomic mass is 16.4. The molecule has 1 aliphatic carbocycles. The number of likely N-dealkylation sites (N-methyl/N-ethyl adjacent to an activating group) is 1. The summed E-state index contributed by atoms with van der Waals surface area (Å²) in [5, 5.41) is 13.8. The molecule has 2 aliphatic rings. The molecule has 1 aromatic heterocycles. The summed E-state index contributed by atoms with van der Waals surface area (Å²) < 4.78 is 1.93. The third-order valence-corrected chi connectivity index (χ3v) is 5.01. The number of aromatic carboxylic acids is 1. The number of carboxylic acids is 1. The largest absolute Gasteiger partial charge is 0.476 e. The van der Waals surface area contributed by atoms with E-state index in [-0.39, 0.29) is 5.69 Å². The molecule has 1 fully saturated rings. The van der Waals surface area contributed by atoms with Gasteiger partial charge < -0.3 is 10.0 Å². The minimum absolute atomic E-state index is 0.280. The van der Waals surface area contributed by atoms with Crippen molar-refractivity contribution in [2.75, 3.05) is 33.2 Å². The summed E-state index contributed by atoms with van der Waals surface area (Å²) in [5.41, 5.74) is 2.42. The van der Waals surface area contributed by atoms with Crippen molar-refractivity contribution in [1.82, 2.24) is 19.6 Å². The minimum Gasteiger partial charge on any atom is -0.476 e. The van der Waals surface area contributed by atoms with Crippen LogP contribution in [0, 0.1) is 0 Å². The number of hydrogen-bond acceptors (Lipinski definition) is 4. The average molecular weight is 306 g/mol. The predicted octanol–water partition coefficient (Wildman–Crippen LogP) is 1.10. The Labute approximate surface area is 131 Å². The van der Waals surface area contributed by atoms with Gasteiger partial charge in [-0.3, -0.25) is 9.58 Å². The lowest BCUT2D eigenvalue weighted by Gasteiger charge is -2.39. The Bertz CT molecular complexity index is 547. The Kier molecular flexibility index (Phi) is 4.49. The number of nitrogens with zero attached hydrogens (tertiary/aromatic N) is 4. The Morgan fingerprint density at radius 2 is 2.05 bits per heavy atom. The van der Waals surface area contributed by atoms with Crippen LogP contribution in [0.4, 0.5) is 0 Å². The number of carboxylic acid groups (broad SMARTS) is 1. The number of carbonyl (C=O) groups is 1. The molecule has 1 aliphatic heterocycles. The summed E-state index contributed by atoms with van der Waals surface area (Å²) in [7, 11) is 2.16. The molecule has 3 rings (SSSR count). The molecule has 0 unspecified atom stereocenters. The first-order chi connectivity index (χ1) is 10.6. The number of aryl methyl sites for hydroxylation is 1. The van der Waals surface area contributed by atoms with Crippen LogP contribution < -0.4 is 0 Å². The minimum atomic E-state index is -0.884. The van der Waals surface area contributed by atoms with Gasteiger partial charge >= 0.3 is 5.97 Å². The number of rotatable bonds is 4. The molecular weight excluding hydrogens is 280 g/mol. The lowest BCUT2D eigenvalue weighted by atomic mass is 9.90. The molecule has 2 heterocycles. The third kappa shape index (κ3) is 2.90. The highest BCUT2D eigenvalue weighted by molar-refractivity contribution is 5.87. The second-order valence-electron chi connectivity index (χ2n) is 6.54. The van der Waals surface area contributed by atoms with Crippen molar-refractivity contribution >= 4 is 5.97 Å². The molecule has 122 valence electrons. The van der Waals surface area contributed by atoms with E-state index >= 15 is 0 Å². The topological polar surface area (TPSA) is 61.6 Å². The fourth-order valence-electron chi connectivity index (χ4n) is 3.74. The zero-order chi connectivity index (χ0) is 15.7. The standard InChI is InChI=1S/C16H26N4O2/c1-3-6-20-14-5-4-12(19-9-7-18(2)8-10-19)11-13(14)15(17-20)16(21)22/h12H,3-11H2,1-2H3,(H,21,22)/t12-/m1/s1. The van der Waals surface area contributed by atoms with Gasteiger partial charge in [0.15, 0.2) is 5.69 Å². The van der Waals surface area contributed by atoms with Crippen molar-refractivity contribution in [1.29, 1.82) is 0 Å². The van der Waals surface area contributed by atoms with Gasteiger partial charge in [0.1, 0.15) is 0 Å². The maximum Gasteiger partial charge on any atom is 0.356 e. The Morgan fingerprint density at radius 3 is 2.68 bits per heavy atom. The maximum absolute atomic E-state index is 11.5. The van der Waals surface area contributed by atoms with Gasteiger partial charge in [0.2, 0.25) is 0 Å². The highest BCUT2D eigenvalue weighted by Gasteiger charge is 2.32. The summed E-state index contributed by atoms with van der Waals surface area (Å²) in [4.78, 5) is 16.4. The molecule has 0 aromatic carbocycles. The first-order valence-electron chi connectivity index (χ1n) is 8.34. The summed E-state index contributed by atoms with van der Waals surface area (Å²) in [6, 6.07) is 0.471. The average Bonchev–Trinajstić information content (AvgIpc) is 2.87. The molecule has 0 spiro atoms. The molecule has 1 atom stereocenters. The van der Waals surface area contributed by atoms with E-state index in [0.29, 0.717) is 6.04 Å².